The van der Waals surface area contributed by atoms with Crippen LogP contribution in [0.25, 0.3) is 0 Å². The van der Waals surface area contributed by atoms with Crippen molar-refractivity contribution in [1.29, 1.82) is 0 Å². The van der Waals surface area contributed by atoms with Gasteiger partial charge in [0.25, 0.3) is 5.82 Å². The fourth-order valence-corrected chi connectivity index (χ4v) is 1.66. The molecule has 0 saturated carbocycles. The van der Waals surface area contributed by atoms with Gasteiger partial charge in [-0.3, -0.25) is 4.68 Å². The van der Waals surface area contributed by atoms with E-state index in [4.69, 9.17) is 4.74 Å². The van der Waals surface area contributed by atoms with Gasteiger partial charge in [-0.1, -0.05) is 18.2 Å². The number of nitrogens with zero attached hydrogens (tertiary/aromatic N) is 3. The van der Waals surface area contributed by atoms with E-state index in [1.54, 1.807) is 32.2 Å². The summed E-state index contributed by atoms with van der Waals surface area (Å²) in [6.07, 6.45) is 0.273. The maximum atomic E-state index is 13.5. The summed E-state index contributed by atoms with van der Waals surface area (Å²) in [5.74, 6) is -0.370. The predicted molar refractivity (Wildman–Crippen MR) is 66.2 cm³/mol. The van der Waals surface area contributed by atoms with E-state index in [9.17, 15) is 9.18 Å². The Balaban J connectivity index is 2.22. The Morgan fingerprint density at radius 2 is 2.16 bits per heavy atom. The Hall–Kier alpha value is -2.24. The van der Waals surface area contributed by atoms with Gasteiger partial charge in [0, 0.05) is 13.5 Å². The smallest absolute Gasteiger partial charge is 0.378 e. The van der Waals surface area contributed by atoms with Gasteiger partial charge < -0.3 is 4.74 Å². The van der Waals surface area contributed by atoms with Crippen molar-refractivity contribution in [2.45, 2.75) is 13.3 Å². The Kier molecular flexibility index (Phi) is 3.89. The van der Waals surface area contributed by atoms with Crippen LogP contribution < -0.4 is 0 Å². The molecule has 0 aliphatic carbocycles. The summed E-state index contributed by atoms with van der Waals surface area (Å²) in [6, 6.07) is 6.44. The van der Waals surface area contributed by atoms with Crippen LogP contribution >= 0.6 is 0 Å². The highest BCUT2D eigenvalue weighted by Gasteiger charge is 2.16. The fourth-order valence-electron chi connectivity index (χ4n) is 1.66. The molecule has 0 N–H and O–H groups in total. The summed E-state index contributed by atoms with van der Waals surface area (Å²) >= 11 is 0. The van der Waals surface area contributed by atoms with Crippen LogP contribution in [0, 0.1) is 5.82 Å². The average Bonchev–Trinajstić information content (AvgIpc) is 2.74. The lowest BCUT2D eigenvalue weighted by molar-refractivity contribution is 0.0512. The molecule has 0 aliphatic rings. The number of carbonyl (C=O) groups is 1. The number of aromatic nitrogens is 3. The zero-order valence-corrected chi connectivity index (χ0v) is 10.8. The van der Waals surface area contributed by atoms with E-state index in [-0.39, 0.29) is 24.7 Å². The first-order valence-corrected chi connectivity index (χ1v) is 5.92. The Bertz CT molecular complexity index is 595. The summed E-state index contributed by atoms with van der Waals surface area (Å²) in [5.41, 5.74) is 0.508. The summed E-state index contributed by atoms with van der Waals surface area (Å²) in [7, 11) is 1.66. The normalized spacial score (nSPS) is 10.5. The third-order valence-corrected chi connectivity index (χ3v) is 2.62. The van der Waals surface area contributed by atoms with Crippen molar-refractivity contribution in [2.24, 2.45) is 7.05 Å². The van der Waals surface area contributed by atoms with E-state index in [0.717, 1.165) is 0 Å². The molecule has 2 rings (SSSR count). The molecule has 6 heteroatoms. The number of rotatable bonds is 4. The van der Waals surface area contributed by atoms with E-state index in [1.165, 1.54) is 10.7 Å². The van der Waals surface area contributed by atoms with Gasteiger partial charge >= 0.3 is 5.97 Å². The maximum Gasteiger partial charge on any atom is 0.378 e. The van der Waals surface area contributed by atoms with E-state index in [0.29, 0.717) is 11.4 Å². The number of hydrogen-bond donors (Lipinski definition) is 0. The van der Waals surface area contributed by atoms with Gasteiger partial charge in [0.15, 0.2) is 0 Å². The molecule has 0 atom stereocenters. The van der Waals surface area contributed by atoms with E-state index >= 15 is 0 Å². The molecule has 100 valence electrons. The van der Waals surface area contributed by atoms with E-state index in [2.05, 4.69) is 10.1 Å². The number of halogens is 1. The lowest BCUT2D eigenvalue weighted by atomic mass is 10.1. The Morgan fingerprint density at radius 1 is 1.42 bits per heavy atom. The SMILES string of the molecule is CCOC(=O)c1nc(Cc2ccccc2F)n(C)n1. The van der Waals surface area contributed by atoms with Crippen molar-refractivity contribution in [3.05, 3.63) is 47.3 Å². The molecule has 1 heterocycles. The monoisotopic (exact) mass is 263 g/mol. The third kappa shape index (κ3) is 2.96. The number of benzene rings is 1. The highest BCUT2D eigenvalue weighted by molar-refractivity contribution is 5.84. The molecule has 0 amide bonds. The van der Waals surface area contributed by atoms with Crippen LogP contribution in [0.4, 0.5) is 4.39 Å². The van der Waals surface area contributed by atoms with Crippen molar-refractivity contribution < 1.29 is 13.9 Å². The molecule has 0 aliphatic heterocycles. The van der Waals surface area contributed by atoms with E-state index in [1.807, 2.05) is 0 Å². The molecule has 0 unspecified atom stereocenters. The van der Waals surface area contributed by atoms with Gasteiger partial charge in [-0.15, -0.1) is 5.10 Å². The molecule has 5 nitrogen and oxygen atoms in total. The highest BCUT2D eigenvalue weighted by atomic mass is 19.1. The quantitative estimate of drug-likeness (QED) is 0.788. The summed E-state index contributed by atoms with van der Waals surface area (Å²) < 4.78 is 19.8. The van der Waals surface area contributed by atoms with Gasteiger partial charge in [0.1, 0.15) is 11.6 Å². The highest BCUT2D eigenvalue weighted by Crippen LogP contribution is 2.11. The summed E-state index contributed by atoms with van der Waals surface area (Å²) in [5, 5.41) is 3.96. The molecule has 0 spiro atoms. The minimum absolute atomic E-state index is 0.00399. The van der Waals surface area contributed by atoms with Crippen molar-refractivity contribution in [3.63, 3.8) is 0 Å². The molecule has 1 aromatic carbocycles. The minimum Gasteiger partial charge on any atom is -0.460 e. The van der Waals surface area contributed by atoms with Crippen molar-refractivity contribution in [1.82, 2.24) is 14.8 Å². The number of carbonyl (C=O) groups excluding carboxylic acids is 1. The summed E-state index contributed by atoms with van der Waals surface area (Å²) in [6.45, 7) is 1.97. The second-order valence-electron chi connectivity index (χ2n) is 3.96. The third-order valence-electron chi connectivity index (χ3n) is 2.62. The molecule has 19 heavy (non-hydrogen) atoms. The molecule has 2 aromatic rings. The zero-order chi connectivity index (χ0) is 13.8. The van der Waals surface area contributed by atoms with Crippen molar-refractivity contribution in [3.8, 4) is 0 Å². The van der Waals surface area contributed by atoms with Crippen LogP contribution in [-0.4, -0.2) is 27.3 Å². The van der Waals surface area contributed by atoms with Crippen molar-refractivity contribution in [2.75, 3.05) is 6.61 Å². The second kappa shape index (κ2) is 5.60. The zero-order valence-electron chi connectivity index (χ0n) is 10.8. The van der Waals surface area contributed by atoms with Crippen LogP contribution in [0.1, 0.15) is 28.9 Å². The predicted octanol–water partition coefficient (Wildman–Crippen LogP) is 1.72. The fraction of sp³-hybridized carbons (Fsp3) is 0.308. The van der Waals surface area contributed by atoms with Crippen molar-refractivity contribution >= 4 is 5.97 Å². The number of esters is 1. The molecule has 0 bridgehead atoms. The van der Waals surface area contributed by atoms with Gasteiger partial charge in [0.2, 0.25) is 0 Å². The van der Waals surface area contributed by atoms with Gasteiger partial charge in [-0.05, 0) is 18.6 Å². The lowest BCUT2D eigenvalue weighted by Gasteiger charge is -2.01. The number of aryl methyl sites for hydroxylation is 1. The maximum absolute atomic E-state index is 13.5. The molecular formula is C13H14FN3O2. The first kappa shape index (κ1) is 13.2. The Morgan fingerprint density at radius 3 is 2.84 bits per heavy atom. The number of hydrogen-bond acceptors (Lipinski definition) is 4. The van der Waals surface area contributed by atoms with Crippen LogP contribution in [0.15, 0.2) is 24.3 Å². The molecular weight excluding hydrogens is 249 g/mol. The standard InChI is InChI=1S/C13H14FN3O2/c1-3-19-13(18)12-15-11(17(2)16-12)8-9-6-4-5-7-10(9)14/h4-7H,3,8H2,1-2H3. The minimum atomic E-state index is -0.571. The second-order valence-corrected chi connectivity index (χ2v) is 3.96. The largest absolute Gasteiger partial charge is 0.460 e. The molecule has 0 radical (unpaired) electrons. The molecule has 0 fully saturated rings. The van der Waals surface area contributed by atoms with E-state index < -0.39 is 5.97 Å². The molecule has 1 aromatic heterocycles. The number of ether oxygens (including phenoxy) is 1. The lowest BCUT2D eigenvalue weighted by Crippen LogP contribution is -2.07. The van der Waals surface area contributed by atoms with Crippen LogP contribution in [0.2, 0.25) is 0 Å². The van der Waals surface area contributed by atoms with Crippen LogP contribution in [0.3, 0.4) is 0 Å². The van der Waals surface area contributed by atoms with Gasteiger partial charge in [0.05, 0.1) is 6.61 Å². The van der Waals surface area contributed by atoms with Crippen LogP contribution in [-0.2, 0) is 18.2 Å². The average molecular weight is 263 g/mol. The van der Waals surface area contributed by atoms with Gasteiger partial charge in [-0.2, -0.15) is 0 Å². The summed E-state index contributed by atoms with van der Waals surface area (Å²) in [4.78, 5) is 15.6. The first-order valence-electron chi connectivity index (χ1n) is 5.92. The molecule has 0 saturated heterocycles. The van der Waals surface area contributed by atoms with Crippen LogP contribution in [0.5, 0.6) is 0 Å². The van der Waals surface area contributed by atoms with Gasteiger partial charge in [-0.25, -0.2) is 14.2 Å². The topological polar surface area (TPSA) is 57.0 Å². The Labute approximate surface area is 110 Å². The first-order chi connectivity index (χ1) is 9.11.